The maximum Gasteiger partial charge on any atom is 0.172 e. The molecule has 0 amide bonds. The second-order valence-corrected chi connectivity index (χ2v) is 17.0. The largest absolute Gasteiger partial charge is 0.380 e. The average Bonchev–Trinajstić information content (AvgIpc) is 3.65. The van der Waals surface area contributed by atoms with Crippen molar-refractivity contribution in [3.8, 4) is 11.8 Å². The van der Waals surface area contributed by atoms with Crippen LogP contribution in [0.15, 0.2) is 0 Å². The van der Waals surface area contributed by atoms with Gasteiger partial charge in [-0.15, -0.1) is 0 Å². The van der Waals surface area contributed by atoms with Crippen molar-refractivity contribution in [3.05, 3.63) is 0 Å². The lowest BCUT2D eigenvalue weighted by Crippen LogP contribution is -2.65. The van der Waals surface area contributed by atoms with Crippen molar-refractivity contribution < 1.29 is 33.5 Å². The van der Waals surface area contributed by atoms with Crippen molar-refractivity contribution in [2.75, 3.05) is 19.8 Å². The molecule has 4 saturated carbocycles. The Morgan fingerprint density at radius 1 is 0.864 bits per heavy atom. The Morgan fingerprint density at radius 3 is 2.32 bits per heavy atom. The molecule has 1 unspecified atom stereocenters. The minimum atomic E-state index is -0.678. The second-order valence-electron chi connectivity index (χ2n) is 17.0. The summed E-state index contributed by atoms with van der Waals surface area (Å²) in [6.45, 7) is 17.5. The molecule has 1 spiro atoms. The van der Waals surface area contributed by atoms with E-state index in [1.54, 1.807) is 0 Å². The minimum absolute atomic E-state index is 0.0852. The number of fused-ring (bicyclic) bond motifs is 7. The molecule has 12 atom stereocenters. The van der Waals surface area contributed by atoms with Crippen molar-refractivity contribution in [3.63, 3.8) is 0 Å². The van der Waals surface area contributed by atoms with Crippen LogP contribution >= 0.6 is 0 Å². The van der Waals surface area contributed by atoms with Gasteiger partial charge in [0.25, 0.3) is 0 Å². The molecule has 7 heteroatoms. The standard InChI is InChI=1S/C37H58O7/c1-23(28(38)14-15-33(2,3)44-32-10-8-9-17-39-32)25-11-12-26-24-21-37(40-18-19-41-37)31-20-29-30(43-34(4,5)42-29)22-36(31,7)27(24)13-16-35(25,26)6/h23-32,38H,8-13,16-22H2,1-7H3/t23-,24-,25+,26-,27-,28+,29-,30+,31-,32?,35+,36+/m0/s1. The SMILES string of the molecule is C[C@H]([C@H](O)C#CC(C)(C)OC1CCCCO1)[C@H]1CC[C@H]2[C@@H]3CC4(OCCO4)[C@H]4C[C@@H]5OC(C)(C)O[C@@H]5C[C@]4(C)[C@H]3CC[C@]12C. The predicted molar refractivity (Wildman–Crippen MR) is 166 cm³/mol. The highest BCUT2D eigenvalue weighted by atomic mass is 16.8. The topological polar surface area (TPSA) is 75.6 Å². The quantitative estimate of drug-likeness (QED) is 0.365. The maximum absolute atomic E-state index is 11.5. The summed E-state index contributed by atoms with van der Waals surface area (Å²) in [6.07, 6.45) is 10.2. The summed E-state index contributed by atoms with van der Waals surface area (Å²) >= 11 is 0. The molecule has 7 nitrogen and oxygen atoms in total. The first-order chi connectivity index (χ1) is 20.8. The summed E-state index contributed by atoms with van der Waals surface area (Å²) in [6, 6.07) is 0. The van der Waals surface area contributed by atoms with Crippen LogP contribution in [0.5, 0.6) is 0 Å². The van der Waals surface area contributed by atoms with Gasteiger partial charge in [0, 0.05) is 18.9 Å². The molecule has 3 aliphatic heterocycles. The van der Waals surface area contributed by atoms with E-state index < -0.39 is 23.3 Å². The zero-order valence-electron chi connectivity index (χ0n) is 28.4. The van der Waals surface area contributed by atoms with E-state index in [0.717, 1.165) is 51.6 Å². The Morgan fingerprint density at radius 2 is 1.59 bits per heavy atom. The first kappa shape index (κ1) is 31.9. The van der Waals surface area contributed by atoms with Crippen LogP contribution in [0.25, 0.3) is 0 Å². The van der Waals surface area contributed by atoms with Gasteiger partial charge < -0.3 is 33.5 Å². The molecular weight excluding hydrogens is 556 g/mol. The van der Waals surface area contributed by atoms with E-state index in [4.69, 9.17) is 28.4 Å². The molecule has 3 saturated heterocycles. The molecule has 4 aliphatic carbocycles. The van der Waals surface area contributed by atoms with Gasteiger partial charge in [-0.05, 0) is 126 Å². The van der Waals surface area contributed by atoms with E-state index in [2.05, 4.69) is 46.5 Å². The predicted octanol–water partition coefficient (Wildman–Crippen LogP) is 6.45. The van der Waals surface area contributed by atoms with E-state index in [0.29, 0.717) is 42.8 Å². The molecular formula is C37H58O7. The molecule has 3 heterocycles. The fourth-order valence-electron chi connectivity index (χ4n) is 11.8. The third-order valence-corrected chi connectivity index (χ3v) is 13.6. The fourth-order valence-corrected chi connectivity index (χ4v) is 11.8. The van der Waals surface area contributed by atoms with Gasteiger partial charge in [0.2, 0.25) is 0 Å². The van der Waals surface area contributed by atoms with Crippen LogP contribution < -0.4 is 0 Å². The van der Waals surface area contributed by atoms with Crippen molar-refractivity contribution in [2.24, 2.45) is 46.3 Å². The summed E-state index contributed by atoms with van der Waals surface area (Å²) in [7, 11) is 0. The molecule has 7 rings (SSSR count). The van der Waals surface area contributed by atoms with Gasteiger partial charge in [-0.25, -0.2) is 0 Å². The molecule has 1 N–H and O–H groups in total. The lowest BCUT2D eigenvalue weighted by Gasteiger charge is -2.65. The summed E-state index contributed by atoms with van der Waals surface area (Å²) in [5.74, 6) is 8.06. The van der Waals surface area contributed by atoms with Crippen molar-refractivity contribution >= 4 is 0 Å². The Hall–Kier alpha value is -0.720. The highest BCUT2D eigenvalue weighted by molar-refractivity contribution is 5.19. The Balaban J connectivity index is 1.10. The molecule has 0 aromatic heterocycles. The van der Waals surface area contributed by atoms with Crippen LogP contribution in [0.1, 0.15) is 113 Å². The summed E-state index contributed by atoms with van der Waals surface area (Å²) in [5.41, 5.74) is -0.406. The number of aliphatic hydroxyl groups is 1. The van der Waals surface area contributed by atoms with Crippen LogP contribution in [0, 0.1) is 58.2 Å². The third kappa shape index (κ3) is 5.31. The molecule has 0 aromatic rings. The van der Waals surface area contributed by atoms with Gasteiger partial charge in [0.05, 0.1) is 25.4 Å². The molecule has 248 valence electrons. The number of hydrogen-bond acceptors (Lipinski definition) is 7. The van der Waals surface area contributed by atoms with Crippen molar-refractivity contribution in [1.82, 2.24) is 0 Å². The maximum atomic E-state index is 11.5. The number of ether oxygens (including phenoxy) is 6. The van der Waals surface area contributed by atoms with Gasteiger partial charge in [0.15, 0.2) is 17.9 Å². The van der Waals surface area contributed by atoms with E-state index in [1.807, 2.05) is 13.8 Å². The highest BCUT2D eigenvalue weighted by Gasteiger charge is 2.70. The van der Waals surface area contributed by atoms with Gasteiger partial charge in [-0.2, -0.15) is 0 Å². The van der Waals surface area contributed by atoms with Gasteiger partial charge in [0.1, 0.15) is 11.7 Å². The first-order valence-electron chi connectivity index (χ1n) is 17.9. The van der Waals surface area contributed by atoms with Gasteiger partial charge in [-0.1, -0.05) is 32.6 Å². The number of hydrogen-bond donors (Lipinski definition) is 1. The van der Waals surface area contributed by atoms with E-state index in [1.165, 1.54) is 19.3 Å². The molecule has 7 aliphatic rings. The number of aliphatic hydroxyl groups excluding tert-OH is 1. The van der Waals surface area contributed by atoms with E-state index in [9.17, 15) is 5.11 Å². The van der Waals surface area contributed by atoms with Crippen LogP contribution in [0.3, 0.4) is 0 Å². The molecule has 44 heavy (non-hydrogen) atoms. The Kier molecular flexibility index (Phi) is 8.09. The fraction of sp³-hybridized carbons (Fsp3) is 0.946. The summed E-state index contributed by atoms with van der Waals surface area (Å²) in [4.78, 5) is 0. The van der Waals surface area contributed by atoms with Gasteiger partial charge in [-0.3, -0.25) is 0 Å². The zero-order valence-corrected chi connectivity index (χ0v) is 28.4. The lowest BCUT2D eigenvalue weighted by molar-refractivity contribution is -0.300. The Bertz CT molecular complexity index is 1130. The summed E-state index contributed by atoms with van der Waals surface area (Å²) < 4.78 is 38.3. The highest BCUT2D eigenvalue weighted by Crippen LogP contribution is 2.71. The van der Waals surface area contributed by atoms with Crippen LogP contribution in [0.2, 0.25) is 0 Å². The lowest BCUT2D eigenvalue weighted by atomic mass is 9.42. The molecule has 0 radical (unpaired) electrons. The average molecular weight is 615 g/mol. The molecule has 0 bridgehead atoms. The van der Waals surface area contributed by atoms with Crippen LogP contribution in [-0.2, 0) is 28.4 Å². The monoisotopic (exact) mass is 614 g/mol. The van der Waals surface area contributed by atoms with Crippen molar-refractivity contribution in [2.45, 2.75) is 154 Å². The minimum Gasteiger partial charge on any atom is -0.380 e. The van der Waals surface area contributed by atoms with E-state index >= 15 is 0 Å². The smallest absolute Gasteiger partial charge is 0.172 e. The Labute approximate surface area is 265 Å². The first-order valence-corrected chi connectivity index (χ1v) is 17.9. The normalized spacial score (nSPS) is 47.1. The van der Waals surface area contributed by atoms with Gasteiger partial charge >= 0.3 is 0 Å². The molecule has 7 fully saturated rings. The summed E-state index contributed by atoms with van der Waals surface area (Å²) in [5, 5.41) is 11.5. The molecule has 0 aromatic carbocycles. The van der Waals surface area contributed by atoms with E-state index in [-0.39, 0.29) is 35.2 Å². The van der Waals surface area contributed by atoms with Crippen LogP contribution in [-0.4, -0.2) is 66.7 Å². The van der Waals surface area contributed by atoms with Crippen molar-refractivity contribution in [1.29, 1.82) is 0 Å². The zero-order chi connectivity index (χ0) is 31.1. The second kappa shape index (κ2) is 11.2. The van der Waals surface area contributed by atoms with Crippen LogP contribution in [0.4, 0.5) is 0 Å². The third-order valence-electron chi connectivity index (χ3n) is 13.6. The number of rotatable bonds is 4.